The van der Waals surface area contributed by atoms with E-state index in [1.807, 2.05) is 0 Å². The maximum absolute atomic E-state index is 14.4. The lowest BCUT2D eigenvalue weighted by atomic mass is 9.88. The van der Waals surface area contributed by atoms with Crippen LogP contribution in [0.3, 0.4) is 0 Å². The minimum atomic E-state index is -3.65. The Labute approximate surface area is 352 Å². The van der Waals surface area contributed by atoms with Crippen LogP contribution in [-0.4, -0.2) is 83.8 Å². The lowest BCUT2D eigenvalue weighted by Crippen LogP contribution is -2.46. The number of hydrogen-bond donors (Lipinski definition) is 4. The summed E-state index contributed by atoms with van der Waals surface area (Å²) in [6.45, 7) is 7.01. The van der Waals surface area contributed by atoms with Gasteiger partial charge in [0.05, 0.1) is 23.5 Å². The van der Waals surface area contributed by atoms with Crippen molar-refractivity contribution in [2.45, 2.75) is 143 Å². The first kappa shape index (κ1) is 49.3. The molecule has 1 aliphatic rings. The number of nitrogens with zero attached hydrogens (tertiary/aromatic N) is 1. The van der Waals surface area contributed by atoms with Crippen molar-refractivity contribution in [1.82, 2.24) is 10.2 Å². The van der Waals surface area contributed by atoms with Gasteiger partial charge in [-0.1, -0.05) is 97.1 Å². The number of aromatic hydroxyl groups is 2. The van der Waals surface area contributed by atoms with Gasteiger partial charge in [0.25, 0.3) is 0 Å². The van der Waals surface area contributed by atoms with Crippen LogP contribution >= 0.6 is 0 Å². The van der Waals surface area contributed by atoms with E-state index in [1.165, 1.54) is 81.7 Å². The van der Waals surface area contributed by atoms with Gasteiger partial charge < -0.3 is 26.2 Å². The van der Waals surface area contributed by atoms with E-state index in [2.05, 4.69) is 12.2 Å². The summed E-state index contributed by atoms with van der Waals surface area (Å²) in [6.07, 6.45) is 12.1. The fourth-order valence-electron chi connectivity index (χ4n) is 7.81. The second-order valence-electron chi connectivity index (χ2n) is 16.8. The summed E-state index contributed by atoms with van der Waals surface area (Å²) in [7, 11) is -2.22. The quantitative estimate of drug-likeness (QED) is 0.0832. The molecule has 328 valence electrons. The van der Waals surface area contributed by atoms with E-state index in [1.54, 1.807) is 26.0 Å². The van der Waals surface area contributed by atoms with Gasteiger partial charge in [-0.15, -0.1) is 0 Å². The minimum absolute atomic E-state index is 0.0236. The molecule has 4 bridgehead atoms. The van der Waals surface area contributed by atoms with Crippen LogP contribution in [-0.2, 0) is 40.2 Å². The van der Waals surface area contributed by atoms with Crippen LogP contribution < -0.4 is 11.1 Å². The van der Waals surface area contributed by atoms with Gasteiger partial charge in [-0.2, -0.15) is 0 Å². The van der Waals surface area contributed by atoms with Crippen LogP contribution in [0.4, 0.5) is 0 Å². The van der Waals surface area contributed by atoms with Crippen molar-refractivity contribution in [2.24, 2.45) is 23.5 Å². The number of rotatable bonds is 23. The Morgan fingerprint density at radius 3 is 2.03 bits per heavy atom. The molecule has 13 heteroatoms. The summed E-state index contributed by atoms with van der Waals surface area (Å²) in [4.78, 5) is 69.2. The molecule has 0 saturated carbocycles. The molecule has 59 heavy (non-hydrogen) atoms. The lowest BCUT2D eigenvalue weighted by Gasteiger charge is -2.32. The van der Waals surface area contributed by atoms with Gasteiger partial charge in [0.2, 0.25) is 11.8 Å². The molecule has 12 nitrogen and oxygen atoms in total. The summed E-state index contributed by atoms with van der Waals surface area (Å²) in [5.41, 5.74) is 7.02. The number of ketones is 3. The molecule has 3 rings (SSSR count). The number of phenols is 2. The van der Waals surface area contributed by atoms with Crippen molar-refractivity contribution in [3.63, 3.8) is 0 Å². The van der Waals surface area contributed by atoms with Crippen LogP contribution in [0.2, 0.25) is 0 Å². The van der Waals surface area contributed by atoms with E-state index in [9.17, 15) is 42.6 Å². The summed E-state index contributed by atoms with van der Waals surface area (Å²) in [5.74, 6) is -5.58. The molecular weight excluding hydrogens is 771 g/mol. The highest BCUT2D eigenvalue weighted by molar-refractivity contribution is 7.91. The first-order valence-corrected chi connectivity index (χ1v) is 23.5. The van der Waals surface area contributed by atoms with Crippen molar-refractivity contribution in [3.8, 4) is 22.6 Å². The molecular formula is C46H69N3O9S. The number of sulfone groups is 1. The third kappa shape index (κ3) is 15.5. The van der Waals surface area contributed by atoms with Gasteiger partial charge in [0, 0.05) is 42.9 Å². The molecule has 0 saturated heterocycles. The highest BCUT2D eigenvalue weighted by Crippen LogP contribution is 2.39. The molecule has 0 spiro atoms. The number of carbonyl (C=O) groups excluding carboxylic acids is 5. The van der Waals surface area contributed by atoms with Crippen molar-refractivity contribution in [3.05, 3.63) is 47.5 Å². The van der Waals surface area contributed by atoms with Gasteiger partial charge in [-0.05, 0) is 74.5 Å². The van der Waals surface area contributed by atoms with Crippen molar-refractivity contribution in [2.75, 3.05) is 25.1 Å². The SMILES string of the molecule is CCCCCCCCCCCCCS(=O)(=O)C[C@@H](CCCN)C(=O)N(C)[C@@H]1C(=O)C[C@@H](C)C(=O)N[C@H](C(=O)C[C@@H](C)C(C)=O)Cc2ccc(O)c(c2)-c2cc1ccc2O. The van der Waals surface area contributed by atoms with Crippen LogP contribution in [0.1, 0.15) is 141 Å². The molecule has 5 N–H and O–H groups in total. The molecule has 2 aromatic carbocycles. The van der Waals surface area contributed by atoms with Crippen molar-refractivity contribution < 1.29 is 42.6 Å². The second kappa shape index (κ2) is 24.2. The van der Waals surface area contributed by atoms with Gasteiger partial charge in [-0.25, -0.2) is 8.42 Å². The standard InChI is InChI=1S/C46H69N3O9S/c1-6-7-8-9-10-11-12-13-14-15-16-24-59(57,58)30-36(18-17-23-47)46(56)49(5)44-35-20-22-41(52)38(29-35)37-27-34(19-21-40(37)51)28-39(42(53)25-31(2)33(4)50)48-45(55)32(3)26-43(44)54/h19-22,27,29,31-32,36,39,44,51-52H,6-18,23-26,28,30,47H2,1-5H3,(H,48,55)/t31-,32-,36-,39+,44+/m1/s1. The summed E-state index contributed by atoms with van der Waals surface area (Å²) in [6, 6.07) is 6.59. The predicted octanol–water partition coefficient (Wildman–Crippen LogP) is 7.17. The van der Waals surface area contributed by atoms with Crippen LogP contribution in [0.25, 0.3) is 11.1 Å². The maximum atomic E-state index is 14.4. The first-order chi connectivity index (χ1) is 28.0. The fraction of sp³-hybridized carbons (Fsp3) is 0.630. The number of likely N-dealkylation sites (N-methyl/N-ethyl adjacent to an activating group) is 1. The number of nitrogens with one attached hydrogen (secondary N) is 1. The average molecular weight is 840 g/mol. The first-order valence-electron chi connectivity index (χ1n) is 21.7. The van der Waals surface area contributed by atoms with E-state index in [4.69, 9.17) is 5.73 Å². The predicted molar refractivity (Wildman–Crippen MR) is 232 cm³/mol. The molecule has 0 aliphatic carbocycles. The number of amides is 2. The van der Waals surface area contributed by atoms with E-state index < -0.39 is 63.0 Å². The Balaban J connectivity index is 1.90. The number of fused-ring (bicyclic) bond motifs is 5. The molecule has 2 amide bonds. The van der Waals surface area contributed by atoms with Crippen molar-refractivity contribution in [1.29, 1.82) is 0 Å². The zero-order chi connectivity index (χ0) is 43.7. The van der Waals surface area contributed by atoms with E-state index in [0.717, 1.165) is 25.7 Å². The lowest BCUT2D eigenvalue weighted by molar-refractivity contribution is -0.142. The van der Waals surface area contributed by atoms with Gasteiger partial charge in [0.1, 0.15) is 23.3 Å². The largest absolute Gasteiger partial charge is 0.507 e. The Kier molecular flexibility index (Phi) is 20.2. The summed E-state index contributed by atoms with van der Waals surface area (Å²) >= 11 is 0. The molecule has 0 fully saturated rings. The highest BCUT2D eigenvalue weighted by Gasteiger charge is 2.37. The van der Waals surface area contributed by atoms with Gasteiger partial charge >= 0.3 is 0 Å². The zero-order valence-corrected chi connectivity index (χ0v) is 36.8. The van der Waals surface area contributed by atoms with Crippen molar-refractivity contribution >= 4 is 39.0 Å². The maximum Gasteiger partial charge on any atom is 0.227 e. The Bertz CT molecular complexity index is 1850. The molecule has 0 unspecified atom stereocenters. The number of Topliss-reactive ketones (excluding diaryl/α,β-unsaturated/α-hetero) is 3. The molecule has 5 atom stereocenters. The second-order valence-corrected chi connectivity index (χ2v) is 19.0. The average Bonchev–Trinajstić information content (AvgIpc) is 3.18. The summed E-state index contributed by atoms with van der Waals surface area (Å²) < 4.78 is 27.0. The van der Waals surface area contributed by atoms with Crippen LogP contribution in [0, 0.1) is 17.8 Å². The molecule has 0 radical (unpaired) electrons. The number of carbonyl (C=O) groups is 5. The van der Waals surface area contributed by atoms with Crippen LogP contribution in [0.15, 0.2) is 36.4 Å². The smallest absolute Gasteiger partial charge is 0.227 e. The highest BCUT2D eigenvalue weighted by atomic mass is 32.2. The van der Waals surface area contributed by atoms with Gasteiger partial charge in [-0.3, -0.25) is 24.0 Å². The molecule has 2 aromatic rings. The Morgan fingerprint density at radius 2 is 1.44 bits per heavy atom. The minimum Gasteiger partial charge on any atom is -0.507 e. The number of benzene rings is 2. The van der Waals surface area contributed by atoms with E-state index in [-0.39, 0.29) is 72.2 Å². The number of hydrogen-bond acceptors (Lipinski definition) is 10. The monoisotopic (exact) mass is 839 g/mol. The Morgan fingerprint density at radius 1 is 0.864 bits per heavy atom. The number of unbranched alkanes of at least 4 members (excludes halogenated alkanes) is 10. The topological polar surface area (TPSA) is 201 Å². The fourth-order valence-corrected chi connectivity index (χ4v) is 9.55. The molecule has 0 aromatic heterocycles. The zero-order valence-electron chi connectivity index (χ0n) is 36.0. The molecule has 1 heterocycles. The third-order valence-electron chi connectivity index (χ3n) is 11.6. The molecule has 1 aliphatic heterocycles. The van der Waals surface area contributed by atoms with Crippen LogP contribution in [0.5, 0.6) is 11.5 Å². The normalized spacial score (nSPS) is 18.4. The van der Waals surface area contributed by atoms with E-state index >= 15 is 0 Å². The van der Waals surface area contributed by atoms with E-state index in [0.29, 0.717) is 24.0 Å². The Hall–Kier alpha value is -4.10. The summed E-state index contributed by atoms with van der Waals surface area (Å²) in [5, 5.41) is 24.9. The third-order valence-corrected chi connectivity index (χ3v) is 13.5. The number of nitrogens with two attached hydrogens (primary N) is 1. The number of phenolic OH excluding ortho intramolecular Hbond substituents is 2. The van der Waals surface area contributed by atoms with Gasteiger partial charge in [0.15, 0.2) is 21.4 Å².